The van der Waals surface area contributed by atoms with Crippen molar-refractivity contribution in [3.63, 3.8) is 0 Å². The van der Waals surface area contributed by atoms with Crippen LogP contribution in [-0.2, 0) is 25.8 Å². The zero-order valence-electron chi connectivity index (χ0n) is 10.9. The van der Waals surface area contributed by atoms with Gasteiger partial charge in [-0.2, -0.15) is 0 Å². The highest BCUT2D eigenvalue weighted by molar-refractivity contribution is 9.10. The number of carboxylic acids is 1. The minimum atomic E-state index is -3.38. The van der Waals surface area contributed by atoms with Gasteiger partial charge in [0.1, 0.15) is 5.25 Å². The molecule has 7 heteroatoms. The van der Waals surface area contributed by atoms with E-state index >= 15 is 0 Å². The molecule has 1 unspecified atom stereocenters. The number of sulfone groups is 1. The molecule has 0 aromatic heterocycles. The Hall–Kier alpha value is -0.920. The number of aliphatic carboxylic acids is 1. The van der Waals surface area contributed by atoms with E-state index < -0.39 is 27.0 Å². The molecule has 1 aliphatic heterocycles. The summed E-state index contributed by atoms with van der Waals surface area (Å²) in [6.07, 6.45) is 0.362. The molecule has 1 N–H and O–H groups in total. The second kappa shape index (κ2) is 5.83. The van der Waals surface area contributed by atoms with Gasteiger partial charge in [0.05, 0.1) is 24.0 Å². The van der Waals surface area contributed by atoms with Crippen LogP contribution < -0.4 is 0 Å². The smallest absolute Gasteiger partial charge is 0.306 e. The maximum atomic E-state index is 12.3. The molecule has 1 aromatic carbocycles. The minimum absolute atomic E-state index is 0.229. The van der Waals surface area contributed by atoms with Crippen LogP contribution in [0, 0.1) is 5.92 Å². The lowest BCUT2D eigenvalue weighted by molar-refractivity contribution is -0.141. The van der Waals surface area contributed by atoms with Crippen LogP contribution in [-0.4, -0.2) is 38.0 Å². The zero-order chi connectivity index (χ0) is 14.9. The highest BCUT2D eigenvalue weighted by Gasteiger charge is 2.35. The maximum Gasteiger partial charge on any atom is 0.306 e. The third-order valence-corrected chi connectivity index (χ3v) is 6.35. The van der Waals surface area contributed by atoms with E-state index in [1.165, 1.54) is 6.07 Å². The highest BCUT2D eigenvalue weighted by Crippen LogP contribution is 2.29. The molecule has 1 aromatic rings. The van der Waals surface area contributed by atoms with Crippen LogP contribution in [0.2, 0.25) is 0 Å². The Morgan fingerprint density at radius 3 is 2.60 bits per heavy atom. The van der Waals surface area contributed by atoms with Gasteiger partial charge in [-0.1, -0.05) is 13.0 Å². The van der Waals surface area contributed by atoms with Crippen LogP contribution in [0.3, 0.4) is 0 Å². The molecule has 2 rings (SSSR count). The van der Waals surface area contributed by atoms with Crippen molar-refractivity contribution in [1.82, 2.24) is 0 Å². The fourth-order valence-electron chi connectivity index (χ4n) is 1.92. The van der Waals surface area contributed by atoms with Crippen LogP contribution >= 0.6 is 15.9 Å². The summed E-state index contributed by atoms with van der Waals surface area (Å²) >= 11 is 3.26. The van der Waals surface area contributed by atoms with Crippen LogP contribution in [0.5, 0.6) is 0 Å². The molecule has 1 atom stereocenters. The molecule has 0 bridgehead atoms. The quantitative estimate of drug-likeness (QED) is 0.864. The number of hydrogen-bond acceptors (Lipinski definition) is 4. The summed E-state index contributed by atoms with van der Waals surface area (Å²) in [7, 11) is -3.38. The van der Waals surface area contributed by atoms with E-state index in [9.17, 15) is 13.2 Å². The maximum absolute atomic E-state index is 12.3. The van der Waals surface area contributed by atoms with Gasteiger partial charge in [0.15, 0.2) is 9.84 Å². The predicted molar refractivity (Wildman–Crippen MR) is 76.4 cm³/mol. The molecule has 1 fully saturated rings. The standard InChI is InChI=1S/C13H15BrO5S/c1-8(13(15)16)4-9-2-3-12(11(14)5-9)20(17,18)10-6-19-7-10/h2-3,5,8,10H,4,6-7H2,1H3,(H,15,16). The number of halogens is 1. The first-order chi connectivity index (χ1) is 9.32. The number of hydrogen-bond donors (Lipinski definition) is 1. The Balaban J connectivity index is 2.24. The van der Waals surface area contributed by atoms with Crippen molar-refractivity contribution in [2.24, 2.45) is 5.92 Å². The first-order valence-electron chi connectivity index (χ1n) is 6.15. The Morgan fingerprint density at radius 2 is 2.15 bits per heavy atom. The molecule has 0 spiro atoms. The molecule has 1 saturated heterocycles. The summed E-state index contributed by atoms with van der Waals surface area (Å²) in [5, 5.41) is 8.40. The van der Waals surface area contributed by atoms with E-state index in [-0.39, 0.29) is 18.1 Å². The molecule has 1 heterocycles. The largest absolute Gasteiger partial charge is 0.481 e. The Kier molecular flexibility index (Phi) is 4.51. The lowest BCUT2D eigenvalue weighted by Crippen LogP contribution is -2.40. The van der Waals surface area contributed by atoms with Crippen LogP contribution in [0.1, 0.15) is 12.5 Å². The van der Waals surface area contributed by atoms with Crippen molar-refractivity contribution >= 4 is 31.7 Å². The highest BCUT2D eigenvalue weighted by atomic mass is 79.9. The fourth-order valence-corrected chi connectivity index (χ4v) is 4.52. The van der Waals surface area contributed by atoms with E-state index in [4.69, 9.17) is 9.84 Å². The third-order valence-electron chi connectivity index (χ3n) is 3.31. The van der Waals surface area contributed by atoms with Crippen LogP contribution in [0.15, 0.2) is 27.6 Å². The number of rotatable bonds is 5. The summed E-state index contributed by atoms with van der Waals surface area (Å²) in [5.41, 5.74) is 0.788. The van der Waals surface area contributed by atoms with Crippen molar-refractivity contribution in [3.8, 4) is 0 Å². The van der Waals surface area contributed by atoms with Crippen LogP contribution in [0.25, 0.3) is 0 Å². The van der Waals surface area contributed by atoms with Crippen molar-refractivity contribution in [2.75, 3.05) is 13.2 Å². The van der Waals surface area contributed by atoms with Crippen molar-refractivity contribution in [2.45, 2.75) is 23.5 Å². The molecule has 20 heavy (non-hydrogen) atoms. The van der Waals surface area contributed by atoms with Gasteiger partial charge in [0, 0.05) is 4.47 Å². The van der Waals surface area contributed by atoms with Crippen molar-refractivity contribution < 1.29 is 23.1 Å². The molecule has 0 aliphatic carbocycles. The van der Waals surface area contributed by atoms with Gasteiger partial charge < -0.3 is 9.84 Å². The summed E-state index contributed by atoms with van der Waals surface area (Å²) in [4.78, 5) is 11.1. The lowest BCUT2D eigenvalue weighted by Gasteiger charge is -2.26. The number of carbonyl (C=O) groups is 1. The average molecular weight is 363 g/mol. The first kappa shape index (κ1) is 15.5. The molecular weight excluding hydrogens is 348 g/mol. The van der Waals surface area contributed by atoms with Gasteiger partial charge in [-0.25, -0.2) is 8.42 Å². The van der Waals surface area contributed by atoms with Crippen molar-refractivity contribution in [1.29, 1.82) is 0 Å². The third kappa shape index (κ3) is 3.05. The summed E-state index contributed by atoms with van der Waals surface area (Å²) in [6.45, 7) is 2.08. The van der Waals surface area contributed by atoms with Gasteiger partial charge >= 0.3 is 5.97 Å². The molecule has 0 saturated carbocycles. The Morgan fingerprint density at radius 1 is 1.50 bits per heavy atom. The predicted octanol–water partition coefficient (Wildman–Crippen LogP) is 1.88. The van der Waals surface area contributed by atoms with Gasteiger partial charge in [-0.05, 0) is 40.0 Å². The zero-order valence-corrected chi connectivity index (χ0v) is 13.3. The second-order valence-electron chi connectivity index (χ2n) is 4.91. The van der Waals surface area contributed by atoms with E-state index in [1.54, 1.807) is 19.1 Å². The van der Waals surface area contributed by atoms with E-state index in [0.717, 1.165) is 5.56 Å². The summed E-state index contributed by atoms with van der Waals surface area (Å²) in [5.74, 6) is -1.38. The van der Waals surface area contributed by atoms with Gasteiger partial charge in [0.2, 0.25) is 0 Å². The van der Waals surface area contributed by atoms with Crippen LogP contribution in [0.4, 0.5) is 0 Å². The molecule has 0 amide bonds. The SMILES string of the molecule is CC(Cc1ccc(S(=O)(=O)C2COC2)c(Br)c1)C(=O)O. The van der Waals surface area contributed by atoms with Crippen molar-refractivity contribution in [3.05, 3.63) is 28.2 Å². The Labute approximate surface area is 126 Å². The van der Waals surface area contributed by atoms with E-state index in [0.29, 0.717) is 10.9 Å². The molecule has 5 nitrogen and oxygen atoms in total. The number of carboxylic acid groups (broad SMARTS) is 1. The van der Waals surface area contributed by atoms with Gasteiger partial charge in [-0.15, -0.1) is 0 Å². The number of benzene rings is 1. The summed E-state index contributed by atoms with van der Waals surface area (Å²) < 4.78 is 29.9. The van der Waals surface area contributed by atoms with Gasteiger partial charge in [-0.3, -0.25) is 4.79 Å². The normalized spacial score (nSPS) is 17.5. The van der Waals surface area contributed by atoms with Gasteiger partial charge in [0.25, 0.3) is 0 Å². The Bertz CT molecular complexity index is 622. The number of ether oxygens (including phenoxy) is 1. The van der Waals surface area contributed by atoms with E-state index in [1.807, 2.05) is 0 Å². The molecule has 1 aliphatic rings. The van der Waals surface area contributed by atoms with E-state index in [2.05, 4.69) is 15.9 Å². The summed E-state index contributed by atoms with van der Waals surface area (Å²) in [6, 6.07) is 4.87. The molecule has 110 valence electrons. The monoisotopic (exact) mass is 362 g/mol. The molecule has 0 radical (unpaired) electrons. The minimum Gasteiger partial charge on any atom is -0.481 e. The first-order valence-corrected chi connectivity index (χ1v) is 8.49. The average Bonchev–Trinajstić information content (AvgIpc) is 2.25. The lowest BCUT2D eigenvalue weighted by atomic mass is 10.0. The molecular formula is C13H15BrO5S. The fraction of sp³-hybridized carbons (Fsp3) is 0.462. The second-order valence-corrected chi connectivity index (χ2v) is 7.96. The topological polar surface area (TPSA) is 80.7 Å².